The third-order valence-electron chi connectivity index (χ3n) is 6.12. The topological polar surface area (TPSA) is 55.4 Å². The largest absolute Gasteiger partial charge is 0.455 e. The number of amides is 1. The number of hydrogen-bond donors (Lipinski definition) is 1. The lowest BCUT2D eigenvalue weighted by Gasteiger charge is -2.58. The Labute approximate surface area is 143 Å². The van der Waals surface area contributed by atoms with E-state index in [-0.39, 0.29) is 28.9 Å². The highest BCUT2D eigenvalue weighted by molar-refractivity contribution is 6.24. The van der Waals surface area contributed by atoms with Crippen LogP contribution in [0, 0.1) is 17.3 Å². The maximum atomic E-state index is 12.7. The molecule has 4 nitrogen and oxygen atoms in total. The number of rotatable bonds is 5. The van der Waals surface area contributed by atoms with Crippen LogP contribution in [0.25, 0.3) is 0 Å². The molecule has 4 atom stereocenters. The summed E-state index contributed by atoms with van der Waals surface area (Å²) >= 11 is 6.75. The van der Waals surface area contributed by atoms with Crippen molar-refractivity contribution in [2.75, 3.05) is 6.61 Å². The van der Waals surface area contributed by atoms with Crippen molar-refractivity contribution in [3.63, 3.8) is 0 Å². The van der Waals surface area contributed by atoms with E-state index in [2.05, 4.69) is 5.32 Å². The van der Waals surface area contributed by atoms with E-state index in [9.17, 15) is 9.59 Å². The highest BCUT2D eigenvalue weighted by Gasteiger charge is 2.60. The molecule has 0 radical (unpaired) electrons. The van der Waals surface area contributed by atoms with E-state index in [1.807, 2.05) is 20.8 Å². The van der Waals surface area contributed by atoms with Crippen LogP contribution in [0.1, 0.15) is 65.7 Å². The van der Waals surface area contributed by atoms with Crippen molar-refractivity contribution in [2.24, 2.45) is 17.3 Å². The summed E-state index contributed by atoms with van der Waals surface area (Å²) in [7, 11) is 0. The lowest BCUT2D eigenvalue weighted by atomic mass is 9.49. The van der Waals surface area contributed by atoms with Crippen molar-refractivity contribution in [3.8, 4) is 0 Å². The van der Waals surface area contributed by atoms with Gasteiger partial charge in [-0.2, -0.15) is 0 Å². The molecule has 0 aromatic rings. The summed E-state index contributed by atoms with van der Waals surface area (Å²) in [6.07, 6.45) is 6.59. The predicted octanol–water partition coefficient (Wildman–Crippen LogP) is 3.41. The summed E-state index contributed by atoms with van der Waals surface area (Å²) in [6, 6.07) is 0. The number of carbonyl (C=O) groups is 2. The zero-order valence-corrected chi connectivity index (χ0v) is 15.2. The lowest BCUT2D eigenvalue weighted by Crippen LogP contribution is -2.56. The smallest absolute Gasteiger partial charge is 0.312 e. The molecule has 1 N–H and O–H groups in total. The van der Waals surface area contributed by atoms with Crippen LogP contribution < -0.4 is 5.32 Å². The number of ether oxygens (including phenoxy) is 1. The van der Waals surface area contributed by atoms with Crippen molar-refractivity contribution in [2.45, 2.75) is 76.1 Å². The Morgan fingerprint density at radius 3 is 2.35 bits per heavy atom. The predicted molar refractivity (Wildman–Crippen MR) is 89.2 cm³/mol. The van der Waals surface area contributed by atoms with Gasteiger partial charge in [-0.3, -0.25) is 9.59 Å². The van der Waals surface area contributed by atoms with Gasteiger partial charge in [0.25, 0.3) is 5.91 Å². The zero-order chi connectivity index (χ0) is 16.9. The van der Waals surface area contributed by atoms with E-state index < -0.39 is 5.41 Å². The van der Waals surface area contributed by atoms with Crippen LogP contribution in [0.3, 0.4) is 0 Å². The van der Waals surface area contributed by atoms with Crippen LogP contribution >= 0.6 is 11.6 Å². The number of alkyl halides is 1. The normalized spacial score (nSPS) is 38.4. The molecule has 130 valence electrons. The van der Waals surface area contributed by atoms with Gasteiger partial charge in [-0.15, -0.1) is 11.6 Å². The fourth-order valence-corrected chi connectivity index (χ4v) is 5.87. The summed E-state index contributed by atoms with van der Waals surface area (Å²) in [5.41, 5.74) is -0.712. The molecular formula is C18H28ClNO3. The standard InChI is InChI=1S/C18H28ClNO3/c1-4-16(2,3)20-14(21)10-23-15(22)17-6-12-5-13(7-17)9-18(19,8-12)11-17/h12-13H,4-11H2,1-3H3,(H,20,21)/t12-,13+,17?,18?. The molecule has 0 aliphatic heterocycles. The minimum atomic E-state index is -0.438. The van der Waals surface area contributed by atoms with Crippen molar-refractivity contribution in [1.82, 2.24) is 5.32 Å². The number of halogens is 1. The average Bonchev–Trinajstić information content (AvgIpc) is 2.41. The van der Waals surface area contributed by atoms with Gasteiger partial charge >= 0.3 is 5.97 Å². The molecule has 0 saturated heterocycles. The van der Waals surface area contributed by atoms with Crippen molar-refractivity contribution >= 4 is 23.5 Å². The number of hydrogen-bond acceptors (Lipinski definition) is 3. The van der Waals surface area contributed by atoms with Crippen LogP contribution in [-0.4, -0.2) is 28.9 Å². The minimum Gasteiger partial charge on any atom is -0.455 e. The molecule has 1 amide bonds. The summed E-state index contributed by atoms with van der Waals surface area (Å²) in [5.74, 6) is 0.667. The molecule has 5 heteroatoms. The molecule has 2 unspecified atom stereocenters. The minimum absolute atomic E-state index is 0.186. The van der Waals surface area contributed by atoms with Gasteiger partial charge in [0.05, 0.1) is 5.41 Å². The molecular weight excluding hydrogens is 314 g/mol. The van der Waals surface area contributed by atoms with E-state index in [1.54, 1.807) is 0 Å². The Kier molecular flexibility index (Phi) is 4.19. The fourth-order valence-electron chi connectivity index (χ4n) is 5.18. The second-order valence-electron chi connectivity index (χ2n) is 8.75. The van der Waals surface area contributed by atoms with Crippen LogP contribution in [0.15, 0.2) is 0 Å². The Bertz CT molecular complexity index is 502. The lowest BCUT2D eigenvalue weighted by molar-refractivity contribution is -0.172. The van der Waals surface area contributed by atoms with Crippen molar-refractivity contribution in [3.05, 3.63) is 0 Å². The van der Waals surface area contributed by atoms with Crippen LogP contribution in [0.5, 0.6) is 0 Å². The molecule has 4 bridgehead atoms. The molecule has 0 aromatic carbocycles. The van der Waals surface area contributed by atoms with Gasteiger partial charge in [-0.05, 0) is 70.6 Å². The van der Waals surface area contributed by atoms with Crippen molar-refractivity contribution in [1.29, 1.82) is 0 Å². The summed E-state index contributed by atoms with van der Waals surface area (Å²) < 4.78 is 5.41. The molecule has 23 heavy (non-hydrogen) atoms. The first kappa shape index (κ1) is 17.1. The highest BCUT2D eigenvalue weighted by atomic mass is 35.5. The summed E-state index contributed by atoms with van der Waals surface area (Å²) in [5, 5.41) is 2.90. The van der Waals surface area contributed by atoms with Gasteiger partial charge in [0.1, 0.15) is 0 Å². The van der Waals surface area contributed by atoms with Crippen LogP contribution in [-0.2, 0) is 14.3 Å². The quantitative estimate of drug-likeness (QED) is 0.616. The monoisotopic (exact) mass is 341 g/mol. The zero-order valence-electron chi connectivity index (χ0n) is 14.4. The molecule has 4 aliphatic carbocycles. The van der Waals surface area contributed by atoms with E-state index in [0.717, 1.165) is 38.5 Å². The number of carbonyl (C=O) groups excluding carboxylic acids is 2. The fraction of sp³-hybridized carbons (Fsp3) is 0.889. The third-order valence-corrected chi connectivity index (χ3v) is 6.56. The second kappa shape index (κ2) is 5.65. The maximum Gasteiger partial charge on any atom is 0.312 e. The molecule has 4 saturated carbocycles. The average molecular weight is 342 g/mol. The first-order chi connectivity index (χ1) is 10.7. The van der Waals surface area contributed by atoms with Gasteiger partial charge < -0.3 is 10.1 Å². The Morgan fingerprint density at radius 2 is 1.83 bits per heavy atom. The molecule has 4 fully saturated rings. The first-order valence-electron chi connectivity index (χ1n) is 8.83. The van der Waals surface area contributed by atoms with E-state index in [4.69, 9.17) is 16.3 Å². The highest BCUT2D eigenvalue weighted by Crippen LogP contribution is 2.64. The Balaban J connectivity index is 1.60. The maximum absolute atomic E-state index is 12.7. The molecule has 4 rings (SSSR count). The van der Waals surface area contributed by atoms with Crippen LogP contribution in [0.4, 0.5) is 0 Å². The molecule has 4 aliphatic rings. The second-order valence-corrected chi connectivity index (χ2v) is 9.56. The Hall–Kier alpha value is -0.770. The third kappa shape index (κ3) is 3.38. The van der Waals surface area contributed by atoms with E-state index in [1.165, 1.54) is 6.42 Å². The molecule has 0 aromatic heterocycles. The van der Waals surface area contributed by atoms with Gasteiger partial charge in [0, 0.05) is 10.4 Å². The van der Waals surface area contributed by atoms with E-state index >= 15 is 0 Å². The van der Waals surface area contributed by atoms with Crippen molar-refractivity contribution < 1.29 is 14.3 Å². The summed E-state index contributed by atoms with van der Waals surface area (Å²) in [6.45, 7) is 5.75. The van der Waals surface area contributed by atoms with Crippen LogP contribution in [0.2, 0.25) is 0 Å². The summed E-state index contributed by atoms with van der Waals surface area (Å²) in [4.78, 5) is 24.5. The van der Waals surface area contributed by atoms with Gasteiger partial charge in [0.15, 0.2) is 6.61 Å². The molecule has 0 heterocycles. The van der Waals surface area contributed by atoms with Gasteiger partial charge in [0.2, 0.25) is 0 Å². The SMILES string of the molecule is CCC(C)(C)NC(=O)COC(=O)C12C[C@@H]3C[C@@H](CC(Cl)(C3)C1)C2. The molecule has 0 spiro atoms. The number of nitrogens with one attached hydrogen (secondary N) is 1. The number of esters is 1. The van der Waals surface area contributed by atoms with Gasteiger partial charge in [-0.25, -0.2) is 0 Å². The Morgan fingerprint density at radius 1 is 1.22 bits per heavy atom. The van der Waals surface area contributed by atoms with E-state index in [0.29, 0.717) is 11.8 Å². The first-order valence-corrected chi connectivity index (χ1v) is 9.20. The van der Waals surface area contributed by atoms with Gasteiger partial charge in [-0.1, -0.05) is 6.92 Å².